The highest BCUT2D eigenvalue weighted by Gasteiger charge is 2.52. The van der Waals surface area contributed by atoms with E-state index in [2.05, 4.69) is 29.6 Å². The monoisotopic (exact) mass is 451 g/mol. The second kappa shape index (κ2) is 10.4. The third kappa shape index (κ3) is 5.86. The standard InChI is InChI=1S/C26H29NO6/c1-15-3-5-16(6-4-15)11-17-7-9-18(10-8-17)12-19(28)13-20-21(25(30)31)14-22(24(29)27-2)23(20)26(32)33/h3-10,20-23H,11-14H2,1-2H3,(H,27,29)(H,30,31)(H,32,33). The van der Waals surface area contributed by atoms with Gasteiger partial charge in [0, 0.05) is 19.9 Å². The average molecular weight is 452 g/mol. The lowest BCUT2D eigenvalue weighted by atomic mass is 9.82. The molecular weight excluding hydrogens is 422 g/mol. The molecule has 3 rings (SSSR count). The molecule has 2 aromatic carbocycles. The first-order valence-corrected chi connectivity index (χ1v) is 11.0. The third-order valence-electron chi connectivity index (χ3n) is 6.52. The van der Waals surface area contributed by atoms with Gasteiger partial charge in [0.1, 0.15) is 5.78 Å². The highest BCUT2D eigenvalue weighted by molar-refractivity contribution is 5.89. The van der Waals surface area contributed by atoms with Gasteiger partial charge < -0.3 is 15.5 Å². The van der Waals surface area contributed by atoms with Crippen molar-refractivity contribution in [2.45, 2.75) is 32.6 Å². The van der Waals surface area contributed by atoms with Crippen molar-refractivity contribution < 1.29 is 29.4 Å². The maximum Gasteiger partial charge on any atom is 0.307 e. The maximum absolute atomic E-state index is 12.8. The Morgan fingerprint density at radius 2 is 1.39 bits per heavy atom. The normalized spacial score (nSPS) is 22.0. The quantitative estimate of drug-likeness (QED) is 0.539. The fourth-order valence-corrected chi connectivity index (χ4v) is 4.79. The SMILES string of the molecule is CNC(=O)C1CC(C(=O)O)C(CC(=O)Cc2ccc(Cc3ccc(C)cc3)cc2)C1C(=O)O. The van der Waals surface area contributed by atoms with Gasteiger partial charge in [0.25, 0.3) is 0 Å². The van der Waals surface area contributed by atoms with Crippen LogP contribution in [0.4, 0.5) is 0 Å². The summed E-state index contributed by atoms with van der Waals surface area (Å²) in [4.78, 5) is 48.5. The van der Waals surface area contributed by atoms with E-state index in [1.54, 1.807) is 0 Å². The summed E-state index contributed by atoms with van der Waals surface area (Å²) in [7, 11) is 1.39. The first kappa shape index (κ1) is 24.2. The summed E-state index contributed by atoms with van der Waals surface area (Å²) < 4.78 is 0. The third-order valence-corrected chi connectivity index (χ3v) is 6.52. The van der Waals surface area contributed by atoms with E-state index in [0.717, 1.165) is 17.5 Å². The average Bonchev–Trinajstić information content (AvgIpc) is 3.15. The molecule has 2 aromatic rings. The number of hydrogen-bond donors (Lipinski definition) is 3. The molecule has 1 aliphatic carbocycles. The predicted octanol–water partition coefficient (Wildman–Crippen LogP) is 2.87. The molecule has 0 aromatic heterocycles. The fourth-order valence-electron chi connectivity index (χ4n) is 4.79. The predicted molar refractivity (Wildman–Crippen MR) is 122 cm³/mol. The summed E-state index contributed by atoms with van der Waals surface area (Å²) in [5.74, 6) is -7.30. The summed E-state index contributed by atoms with van der Waals surface area (Å²) in [6.45, 7) is 2.04. The van der Waals surface area contributed by atoms with Crippen molar-refractivity contribution >= 4 is 23.6 Å². The number of benzene rings is 2. The number of carboxylic acid groups (broad SMARTS) is 2. The minimum atomic E-state index is -1.24. The molecule has 174 valence electrons. The molecule has 0 saturated heterocycles. The molecule has 7 nitrogen and oxygen atoms in total. The largest absolute Gasteiger partial charge is 0.481 e. The molecule has 33 heavy (non-hydrogen) atoms. The minimum Gasteiger partial charge on any atom is -0.481 e. The summed E-state index contributed by atoms with van der Waals surface area (Å²) in [5.41, 5.74) is 4.28. The van der Waals surface area contributed by atoms with E-state index in [9.17, 15) is 29.4 Å². The van der Waals surface area contributed by atoms with Gasteiger partial charge in [-0.05, 0) is 42.4 Å². The van der Waals surface area contributed by atoms with Crippen molar-refractivity contribution in [3.8, 4) is 0 Å². The van der Waals surface area contributed by atoms with Crippen LogP contribution in [0.3, 0.4) is 0 Å². The first-order chi connectivity index (χ1) is 15.7. The van der Waals surface area contributed by atoms with Crippen LogP contribution in [-0.4, -0.2) is 40.9 Å². The molecule has 4 unspecified atom stereocenters. The van der Waals surface area contributed by atoms with Gasteiger partial charge in [-0.3, -0.25) is 19.2 Å². The number of rotatable bonds is 9. The first-order valence-electron chi connectivity index (χ1n) is 11.0. The number of carboxylic acids is 2. The van der Waals surface area contributed by atoms with Crippen LogP contribution >= 0.6 is 0 Å². The Morgan fingerprint density at radius 3 is 1.91 bits per heavy atom. The van der Waals surface area contributed by atoms with Crippen LogP contribution in [0.15, 0.2) is 48.5 Å². The van der Waals surface area contributed by atoms with E-state index in [1.165, 1.54) is 18.2 Å². The van der Waals surface area contributed by atoms with E-state index < -0.39 is 41.5 Å². The smallest absolute Gasteiger partial charge is 0.307 e. The van der Waals surface area contributed by atoms with E-state index in [0.29, 0.717) is 0 Å². The van der Waals surface area contributed by atoms with Crippen LogP contribution in [0.5, 0.6) is 0 Å². The lowest BCUT2D eigenvalue weighted by Crippen LogP contribution is -2.36. The second-order valence-electron chi connectivity index (χ2n) is 8.83. The number of carbonyl (C=O) groups is 4. The van der Waals surface area contributed by atoms with Crippen LogP contribution < -0.4 is 5.32 Å². The molecule has 1 fully saturated rings. The Bertz CT molecular complexity index is 1030. The Labute approximate surface area is 192 Å². The molecule has 0 radical (unpaired) electrons. The summed E-state index contributed by atoms with van der Waals surface area (Å²) in [5, 5.41) is 21.7. The number of aliphatic carboxylic acids is 2. The van der Waals surface area contributed by atoms with Gasteiger partial charge in [0.2, 0.25) is 5.91 Å². The van der Waals surface area contributed by atoms with E-state index in [1.807, 2.05) is 31.2 Å². The Balaban J connectivity index is 1.67. The number of Topliss-reactive ketones (excluding diaryl/α,β-unsaturated/α-hetero) is 1. The van der Waals surface area contributed by atoms with Crippen LogP contribution in [0, 0.1) is 30.6 Å². The lowest BCUT2D eigenvalue weighted by molar-refractivity contribution is -0.149. The van der Waals surface area contributed by atoms with Crippen molar-refractivity contribution in [3.63, 3.8) is 0 Å². The highest BCUT2D eigenvalue weighted by atomic mass is 16.4. The van der Waals surface area contributed by atoms with Crippen molar-refractivity contribution in [2.75, 3.05) is 7.05 Å². The zero-order valence-corrected chi connectivity index (χ0v) is 18.8. The summed E-state index contributed by atoms with van der Waals surface area (Å²) in [6.07, 6.45) is 0.590. The molecule has 0 spiro atoms. The highest BCUT2D eigenvalue weighted by Crippen LogP contribution is 2.44. The van der Waals surface area contributed by atoms with Crippen molar-refractivity contribution in [1.82, 2.24) is 5.32 Å². The van der Waals surface area contributed by atoms with E-state index >= 15 is 0 Å². The number of ketones is 1. The molecule has 3 N–H and O–H groups in total. The Kier molecular flexibility index (Phi) is 7.63. The van der Waals surface area contributed by atoms with Gasteiger partial charge in [0.05, 0.1) is 17.8 Å². The molecule has 0 heterocycles. The molecule has 0 bridgehead atoms. The number of amides is 1. The zero-order chi connectivity index (χ0) is 24.1. The number of nitrogens with one attached hydrogen (secondary N) is 1. The van der Waals surface area contributed by atoms with Crippen molar-refractivity contribution in [1.29, 1.82) is 0 Å². The molecule has 4 atom stereocenters. The van der Waals surface area contributed by atoms with Crippen molar-refractivity contribution in [3.05, 3.63) is 70.8 Å². The van der Waals surface area contributed by atoms with Crippen LogP contribution in [0.25, 0.3) is 0 Å². The van der Waals surface area contributed by atoms with Crippen LogP contribution in [-0.2, 0) is 32.0 Å². The molecular formula is C26H29NO6. The number of aryl methyl sites for hydroxylation is 1. The van der Waals surface area contributed by atoms with Gasteiger partial charge in [0.15, 0.2) is 0 Å². The molecule has 7 heteroatoms. The minimum absolute atomic E-state index is 0.0857. The molecule has 1 aliphatic rings. The second-order valence-corrected chi connectivity index (χ2v) is 8.83. The van der Waals surface area contributed by atoms with E-state index in [4.69, 9.17) is 0 Å². The molecule has 1 saturated carbocycles. The lowest BCUT2D eigenvalue weighted by Gasteiger charge is -2.21. The van der Waals surface area contributed by atoms with E-state index in [-0.39, 0.29) is 25.0 Å². The number of hydrogen-bond acceptors (Lipinski definition) is 4. The van der Waals surface area contributed by atoms with Crippen molar-refractivity contribution in [2.24, 2.45) is 23.7 Å². The Morgan fingerprint density at radius 1 is 0.848 bits per heavy atom. The summed E-state index contributed by atoms with van der Waals surface area (Å²) >= 11 is 0. The fraction of sp³-hybridized carbons (Fsp3) is 0.385. The zero-order valence-electron chi connectivity index (χ0n) is 18.8. The van der Waals surface area contributed by atoms with Gasteiger partial charge in [-0.15, -0.1) is 0 Å². The molecule has 0 aliphatic heterocycles. The number of carbonyl (C=O) groups excluding carboxylic acids is 2. The Hall–Kier alpha value is -3.48. The van der Waals surface area contributed by atoms with Crippen LogP contribution in [0.2, 0.25) is 0 Å². The molecule has 1 amide bonds. The van der Waals surface area contributed by atoms with Gasteiger partial charge in [-0.25, -0.2) is 0 Å². The summed E-state index contributed by atoms with van der Waals surface area (Å²) in [6, 6.07) is 15.9. The van der Waals surface area contributed by atoms with Crippen LogP contribution in [0.1, 0.15) is 35.1 Å². The van der Waals surface area contributed by atoms with Gasteiger partial charge in [-0.2, -0.15) is 0 Å². The van der Waals surface area contributed by atoms with Gasteiger partial charge >= 0.3 is 11.9 Å². The maximum atomic E-state index is 12.8. The van der Waals surface area contributed by atoms with Gasteiger partial charge in [-0.1, -0.05) is 54.1 Å². The topological polar surface area (TPSA) is 121 Å².